The van der Waals surface area contributed by atoms with E-state index < -0.39 is 21.6 Å². The van der Waals surface area contributed by atoms with Crippen molar-refractivity contribution in [2.75, 3.05) is 11.9 Å². The molecule has 23 heavy (non-hydrogen) atoms. The van der Waals surface area contributed by atoms with Gasteiger partial charge >= 0.3 is 0 Å². The van der Waals surface area contributed by atoms with Gasteiger partial charge in [0, 0.05) is 11.1 Å². The molecule has 2 rings (SSSR count). The Morgan fingerprint density at radius 1 is 1.09 bits per heavy atom. The highest BCUT2D eigenvalue weighted by Crippen LogP contribution is 2.31. The van der Waals surface area contributed by atoms with Crippen LogP contribution < -0.4 is 5.32 Å². The molecule has 0 heterocycles. The lowest BCUT2D eigenvalue weighted by Gasteiger charge is -2.18. The maximum Gasteiger partial charge on any atom is 0.299 e. The van der Waals surface area contributed by atoms with Crippen LogP contribution in [0.1, 0.15) is 11.6 Å². The van der Waals surface area contributed by atoms with E-state index in [-0.39, 0.29) is 18.0 Å². The number of nitro benzene ring substituents is 2. The molecule has 1 unspecified atom stereocenters. The number of nitrogens with one attached hydrogen (secondary N) is 1. The molecule has 9 heteroatoms. The summed E-state index contributed by atoms with van der Waals surface area (Å²) < 4.78 is 0. The first-order chi connectivity index (χ1) is 10.9. The van der Waals surface area contributed by atoms with Gasteiger partial charge in [-0.25, -0.2) is 0 Å². The van der Waals surface area contributed by atoms with Gasteiger partial charge in [-0.2, -0.15) is 0 Å². The van der Waals surface area contributed by atoms with Crippen LogP contribution >= 0.6 is 11.6 Å². The molecule has 2 aromatic rings. The molecule has 0 radical (unpaired) electrons. The number of benzene rings is 2. The summed E-state index contributed by atoms with van der Waals surface area (Å²) in [5.41, 5.74) is -0.0694. The van der Waals surface area contributed by atoms with Gasteiger partial charge in [0.1, 0.15) is 5.69 Å². The molecule has 120 valence electrons. The number of halogens is 1. The molecule has 0 aromatic heterocycles. The molecular formula is C14H12ClN3O5. The van der Waals surface area contributed by atoms with Crippen molar-refractivity contribution in [1.82, 2.24) is 0 Å². The number of hydrogen-bond acceptors (Lipinski definition) is 6. The maximum absolute atomic E-state index is 11.1. The van der Waals surface area contributed by atoms with Crippen molar-refractivity contribution in [2.45, 2.75) is 6.04 Å². The first-order valence-corrected chi connectivity index (χ1v) is 6.86. The topological polar surface area (TPSA) is 119 Å². The number of aliphatic hydroxyl groups is 1. The second kappa shape index (κ2) is 7.03. The summed E-state index contributed by atoms with van der Waals surface area (Å²) in [4.78, 5) is 20.4. The van der Waals surface area contributed by atoms with Crippen molar-refractivity contribution in [3.05, 3.63) is 73.3 Å². The van der Waals surface area contributed by atoms with Crippen molar-refractivity contribution in [3.63, 3.8) is 0 Å². The molecule has 0 aliphatic heterocycles. The first-order valence-electron chi connectivity index (χ1n) is 6.48. The highest BCUT2D eigenvalue weighted by molar-refractivity contribution is 6.30. The van der Waals surface area contributed by atoms with Gasteiger partial charge in [-0.1, -0.05) is 23.7 Å². The minimum absolute atomic E-state index is 0.0783. The Bertz CT molecular complexity index is 736. The van der Waals surface area contributed by atoms with E-state index in [2.05, 4.69) is 5.32 Å². The van der Waals surface area contributed by atoms with Gasteiger partial charge in [-0.15, -0.1) is 0 Å². The molecule has 2 aromatic carbocycles. The fourth-order valence-corrected chi connectivity index (χ4v) is 2.15. The van der Waals surface area contributed by atoms with E-state index >= 15 is 0 Å². The summed E-state index contributed by atoms with van der Waals surface area (Å²) >= 11 is 5.80. The van der Waals surface area contributed by atoms with Crippen molar-refractivity contribution < 1.29 is 15.0 Å². The van der Waals surface area contributed by atoms with E-state index in [1.54, 1.807) is 24.3 Å². The molecule has 0 aliphatic rings. The Kier molecular flexibility index (Phi) is 5.09. The van der Waals surface area contributed by atoms with Crippen LogP contribution in [0, 0.1) is 20.2 Å². The molecule has 2 N–H and O–H groups in total. The molecule has 0 aliphatic carbocycles. The Morgan fingerprint density at radius 2 is 1.74 bits per heavy atom. The van der Waals surface area contributed by atoms with Crippen LogP contribution in [0.15, 0.2) is 42.5 Å². The minimum atomic E-state index is -0.717. The average molecular weight is 338 g/mol. The first kappa shape index (κ1) is 16.7. The van der Waals surface area contributed by atoms with E-state index in [0.717, 1.165) is 12.1 Å². The molecule has 0 amide bonds. The SMILES string of the molecule is O=[N+]([O-])c1ccc(NC(CO)c2ccc(Cl)cc2)c([N+](=O)[O-])c1. The predicted octanol–water partition coefficient (Wildman–Crippen LogP) is 3.30. The predicted molar refractivity (Wildman–Crippen MR) is 84.7 cm³/mol. The van der Waals surface area contributed by atoms with Crippen LogP contribution in [-0.2, 0) is 0 Å². The Labute approximate surface area is 135 Å². The number of rotatable bonds is 6. The lowest BCUT2D eigenvalue weighted by Crippen LogP contribution is -2.15. The minimum Gasteiger partial charge on any atom is -0.394 e. The molecule has 1 atom stereocenters. The quantitative estimate of drug-likeness (QED) is 0.616. The van der Waals surface area contributed by atoms with Crippen LogP contribution in [0.5, 0.6) is 0 Å². The van der Waals surface area contributed by atoms with Crippen LogP contribution in [0.4, 0.5) is 17.1 Å². The van der Waals surface area contributed by atoms with Gasteiger partial charge in [-0.3, -0.25) is 20.2 Å². The molecule has 8 nitrogen and oxygen atoms in total. The largest absolute Gasteiger partial charge is 0.394 e. The summed E-state index contributed by atoms with van der Waals surface area (Å²) in [6.07, 6.45) is 0. The number of nitrogens with zero attached hydrogens (tertiary/aromatic N) is 2. The van der Waals surface area contributed by atoms with Gasteiger partial charge < -0.3 is 10.4 Å². The zero-order chi connectivity index (χ0) is 17.0. The lowest BCUT2D eigenvalue weighted by molar-refractivity contribution is -0.393. The van der Waals surface area contributed by atoms with Gasteiger partial charge in [0.2, 0.25) is 0 Å². The third-order valence-electron chi connectivity index (χ3n) is 3.17. The van der Waals surface area contributed by atoms with Gasteiger partial charge in [-0.05, 0) is 23.8 Å². The second-order valence-corrected chi connectivity index (χ2v) is 5.08. The van der Waals surface area contributed by atoms with E-state index in [0.29, 0.717) is 10.6 Å². The van der Waals surface area contributed by atoms with Gasteiger partial charge in [0.05, 0.1) is 28.6 Å². The molecule has 0 bridgehead atoms. The summed E-state index contributed by atoms with van der Waals surface area (Å²) in [5.74, 6) is 0. The van der Waals surface area contributed by atoms with E-state index in [9.17, 15) is 25.3 Å². The van der Waals surface area contributed by atoms with Crippen LogP contribution in [0.3, 0.4) is 0 Å². The fourth-order valence-electron chi connectivity index (χ4n) is 2.02. The highest BCUT2D eigenvalue weighted by atomic mass is 35.5. The van der Waals surface area contributed by atoms with Gasteiger partial charge in [0.15, 0.2) is 0 Å². The number of anilines is 1. The maximum atomic E-state index is 11.1. The fraction of sp³-hybridized carbons (Fsp3) is 0.143. The summed E-state index contributed by atoms with van der Waals surface area (Å²) in [7, 11) is 0. The van der Waals surface area contributed by atoms with Gasteiger partial charge in [0.25, 0.3) is 11.4 Å². The highest BCUT2D eigenvalue weighted by Gasteiger charge is 2.22. The zero-order valence-corrected chi connectivity index (χ0v) is 12.4. The molecule has 0 saturated heterocycles. The Hall–Kier alpha value is -2.71. The third-order valence-corrected chi connectivity index (χ3v) is 3.43. The number of nitro groups is 2. The van der Waals surface area contributed by atoms with E-state index in [4.69, 9.17) is 11.6 Å². The van der Waals surface area contributed by atoms with Crippen LogP contribution in [0.2, 0.25) is 5.02 Å². The molecule has 0 spiro atoms. The number of hydrogen-bond donors (Lipinski definition) is 2. The summed E-state index contributed by atoms with van der Waals surface area (Å²) in [5, 5.41) is 34.7. The van der Waals surface area contributed by atoms with E-state index in [1.165, 1.54) is 6.07 Å². The standard InChI is InChI=1S/C14H12ClN3O5/c15-10-3-1-9(2-4-10)13(8-19)16-12-6-5-11(17(20)21)7-14(12)18(22)23/h1-7,13,16,19H,8H2. The van der Waals surface area contributed by atoms with E-state index in [1.807, 2.05) is 0 Å². The number of non-ortho nitro benzene ring substituents is 1. The lowest BCUT2D eigenvalue weighted by atomic mass is 10.1. The second-order valence-electron chi connectivity index (χ2n) is 4.65. The molecule has 0 saturated carbocycles. The van der Waals surface area contributed by atoms with Crippen molar-refractivity contribution in [3.8, 4) is 0 Å². The Morgan fingerprint density at radius 3 is 2.26 bits per heavy atom. The summed E-state index contributed by atoms with van der Waals surface area (Å²) in [6, 6.07) is 9.27. The van der Waals surface area contributed by atoms with Crippen molar-refractivity contribution in [2.24, 2.45) is 0 Å². The van der Waals surface area contributed by atoms with Crippen LogP contribution in [0.25, 0.3) is 0 Å². The Balaban J connectivity index is 2.35. The molecule has 0 fully saturated rings. The monoisotopic (exact) mass is 337 g/mol. The average Bonchev–Trinajstić information content (AvgIpc) is 2.53. The molecular weight excluding hydrogens is 326 g/mol. The smallest absolute Gasteiger partial charge is 0.299 e. The normalized spacial score (nSPS) is 11.7. The van der Waals surface area contributed by atoms with Crippen LogP contribution in [-0.4, -0.2) is 21.6 Å². The third kappa shape index (κ3) is 3.93. The van der Waals surface area contributed by atoms with Crippen molar-refractivity contribution in [1.29, 1.82) is 0 Å². The zero-order valence-electron chi connectivity index (χ0n) is 11.7. The number of aliphatic hydroxyl groups excluding tert-OH is 1. The summed E-state index contributed by atoms with van der Waals surface area (Å²) in [6.45, 7) is -0.324. The van der Waals surface area contributed by atoms with Crippen molar-refractivity contribution >= 4 is 28.7 Å².